The van der Waals surface area contributed by atoms with Crippen molar-refractivity contribution in [2.24, 2.45) is 0 Å². The molecule has 248 valence electrons. The molecular weight excluding hydrogens is 639 g/mol. The predicted octanol–water partition coefficient (Wildman–Crippen LogP) is 14.8. The third-order valence-electron chi connectivity index (χ3n) is 10.6. The number of benzene rings is 10. The summed E-state index contributed by atoms with van der Waals surface area (Å²) in [6, 6.07) is 77.2. The molecule has 1 nitrogen and oxygen atoms in total. The van der Waals surface area contributed by atoms with E-state index >= 15 is 0 Å². The SMILES string of the molecule is c1ccc(-c2ccc(N(c3ccc(-c4cccc5ccccc45)cc3)c3ccc(-c4cc5ccccc5c5c4ccc4ccccc45)cc3)cc2)cc1. The number of hydrogen-bond donors (Lipinski definition) is 0. The van der Waals surface area contributed by atoms with Crippen molar-refractivity contribution in [3.63, 3.8) is 0 Å². The Morgan fingerprint density at radius 2 is 0.698 bits per heavy atom. The van der Waals surface area contributed by atoms with E-state index in [0.717, 1.165) is 17.1 Å². The van der Waals surface area contributed by atoms with E-state index in [1.54, 1.807) is 0 Å². The monoisotopic (exact) mass is 673 g/mol. The molecule has 0 spiro atoms. The van der Waals surface area contributed by atoms with Gasteiger partial charge >= 0.3 is 0 Å². The second-order valence-corrected chi connectivity index (χ2v) is 13.7. The Hall–Kier alpha value is -6.96. The first-order valence-electron chi connectivity index (χ1n) is 18.3. The van der Waals surface area contributed by atoms with Crippen LogP contribution in [0.1, 0.15) is 0 Å². The van der Waals surface area contributed by atoms with Crippen LogP contribution in [0.5, 0.6) is 0 Å². The van der Waals surface area contributed by atoms with Gasteiger partial charge in [-0.15, -0.1) is 0 Å². The standard InChI is InChI=1S/C52H35N/c1-2-11-36(12-3-1)37-21-28-43(29-22-37)53(44-30-23-40(24-31-44)47-20-10-16-38-13-4-7-17-46(38)47)45-32-25-41(26-33-45)51-35-42-15-6-9-19-49(42)52-48-18-8-5-14-39(48)27-34-50(51)52/h1-35H. The van der Waals surface area contributed by atoms with E-state index in [2.05, 4.69) is 217 Å². The van der Waals surface area contributed by atoms with Crippen LogP contribution in [0.3, 0.4) is 0 Å². The van der Waals surface area contributed by atoms with E-state index in [4.69, 9.17) is 0 Å². The van der Waals surface area contributed by atoms with Gasteiger partial charge in [0.2, 0.25) is 0 Å². The molecule has 0 saturated carbocycles. The molecule has 53 heavy (non-hydrogen) atoms. The van der Waals surface area contributed by atoms with Crippen molar-refractivity contribution in [1.82, 2.24) is 0 Å². The summed E-state index contributed by atoms with van der Waals surface area (Å²) < 4.78 is 0. The van der Waals surface area contributed by atoms with Crippen molar-refractivity contribution in [2.75, 3.05) is 4.90 Å². The van der Waals surface area contributed by atoms with Crippen molar-refractivity contribution in [1.29, 1.82) is 0 Å². The van der Waals surface area contributed by atoms with Crippen LogP contribution >= 0.6 is 0 Å². The summed E-state index contributed by atoms with van der Waals surface area (Å²) >= 11 is 0. The van der Waals surface area contributed by atoms with Crippen molar-refractivity contribution < 1.29 is 0 Å². The minimum absolute atomic E-state index is 1.11. The normalized spacial score (nSPS) is 11.4. The van der Waals surface area contributed by atoms with Crippen LogP contribution in [-0.4, -0.2) is 0 Å². The lowest BCUT2D eigenvalue weighted by molar-refractivity contribution is 1.28. The largest absolute Gasteiger partial charge is 0.311 e. The molecule has 0 aliphatic heterocycles. The molecule has 0 amide bonds. The molecule has 0 atom stereocenters. The molecule has 10 rings (SSSR count). The van der Waals surface area contributed by atoms with Crippen LogP contribution in [0.25, 0.3) is 76.5 Å². The van der Waals surface area contributed by atoms with E-state index in [9.17, 15) is 0 Å². The molecule has 0 aliphatic carbocycles. The molecule has 10 aromatic rings. The maximum atomic E-state index is 2.36. The summed E-state index contributed by atoms with van der Waals surface area (Å²) in [7, 11) is 0. The van der Waals surface area contributed by atoms with Crippen LogP contribution in [0, 0.1) is 0 Å². The van der Waals surface area contributed by atoms with Gasteiger partial charge in [-0.05, 0) is 119 Å². The minimum Gasteiger partial charge on any atom is -0.311 e. The van der Waals surface area contributed by atoms with E-state index in [-0.39, 0.29) is 0 Å². The maximum absolute atomic E-state index is 2.36. The minimum atomic E-state index is 1.11. The molecule has 0 fully saturated rings. The molecule has 0 unspecified atom stereocenters. The summed E-state index contributed by atoms with van der Waals surface area (Å²) in [4.78, 5) is 2.36. The summed E-state index contributed by atoms with van der Waals surface area (Å²) in [5.74, 6) is 0. The Balaban J connectivity index is 1.09. The van der Waals surface area contributed by atoms with Crippen molar-refractivity contribution in [3.8, 4) is 33.4 Å². The zero-order chi connectivity index (χ0) is 35.1. The number of anilines is 3. The van der Waals surface area contributed by atoms with Gasteiger partial charge in [-0.25, -0.2) is 0 Å². The maximum Gasteiger partial charge on any atom is 0.0462 e. The number of fused-ring (bicyclic) bond motifs is 6. The van der Waals surface area contributed by atoms with Gasteiger partial charge in [0.25, 0.3) is 0 Å². The third-order valence-corrected chi connectivity index (χ3v) is 10.6. The highest BCUT2D eigenvalue weighted by Crippen LogP contribution is 2.42. The second kappa shape index (κ2) is 13.0. The van der Waals surface area contributed by atoms with Crippen LogP contribution in [0.4, 0.5) is 17.1 Å². The van der Waals surface area contributed by atoms with Gasteiger partial charge in [0.1, 0.15) is 0 Å². The first-order chi connectivity index (χ1) is 26.3. The molecule has 0 saturated heterocycles. The van der Waals surface area contributed by atoms with Gasteiger partial charge in [0, 0.05) is 17.1 Å². The summed E-state index contributed by atoms with van der Waals surface area (Å²) in [6.07, 6.45) is 0. The molecule has 1 heteroatoms. The van der Waals surface area contributed by atoms with E-state index in [1.807, 2.05) is 0 Å². The fourth-order valence-corrected chi connectivity index (χ4v) is 8.05. The quantitative estimate of drug-likeness (QED) is 0.159. The van der Waals surface area contributed by atoms with Crippen LogP contribution in [0.15, 0.2) is 212 Å². The Bertz CT molecular complexity index is 2890. The van der Waals surface area contributed by atoms with E-state index < -0.39 is 0 Å². The first-order valence-corrected chi connectivity index (χ1v) is 18.3. The lowest BCUT2D eigenvalue weighted by atomic mass is 9.90. The predicted molar refractivity (Wildman–Crippen MR) is 227 cm³/mol. The Morgan fingerprint density at radius 3 is 1.34 bits per heavy atom. The van der Waals surface area contributed by atoms with E-state index in [1.165, 1.54) is 76.5 Å². The highest BCUT2D eigenvalue weighted by Gasteiger charge is 2.16. The molecule has 0 radical (unpaired) electrons. The van der Waals surface area contributed by atoms with Gasteiger partial charge < -0.3 is 4.90 Å². The molecule has 0 bridgehead atoms. The first kappa shape index (κ1) is 30.8. The van der Waals surface area contributed by atoms with Crippen LogP contribution in [0.2, 0.25) is 0 Å². The second-order valence-electron chi connectivity index (χ2n) is 13.7. The number of rotatable bonds is 6. The van der Waals surface area contributed by atoms with Crippen LogP contribution < -0.4 is 4.90 Å². The van der Waals surface area contributed by atoms with Gasteiger partial charge in [-0.2, -0.15) is 0 Å². The Labute approximate surface area is 309 Å². The fourth-order valence-electron chi connectivity index (χ4n) is 8.05. The van der Waals surface area contributed by atoms with Crippen molar-refractivity contribution >= 4 is 60.2 Å². The topological polar surface area (TPSA) is 3.24 Å². The molecular formula is C52H35N. The smallest absolute Gasteiger partial charge is 0.0462 e. The fraction of sp³-hybridized carbons (Fsp3) is 0. The Kier molecular flexibility index (Phi) is 7.55. The molecule has 0 heterocycles. The summed E-state index contributed by atoms with van der Waals surface area (Å²) in [5.41, 5.74) is 10.6. The van der Waals surface area contributed by atoms with Crippen molar-refractivity contribution in [2.45, 2.75) is 0 Å². The zero-order valence-corrected chi connectivity index (χ0v) is 29.2. The summed E-state index contributed by atoms with van der Waals surface area (Å²) in [5, 5.41) is 10.2. The lowest BCUT2D eigenvalue weighted by Crippen LogP contribution is -2.09. The Morgan fingerprint density at radius 1 is 0.245 bits per heavy atom. The molecule has 10 aromatic carbocycles. The van der Waals surface area contributed by atoms with Crippen LogP contribution in [-0.2, 0) is 0 Å². The number of hydrogen-bond acceptors (Lipinski definition) is 1. The van der Waals surface area contributed by atoms with E-state index in [0.29, 0.717) is 0 Å². The third kappa shape index (κ3) is 5.51. The van der Waals surface area contributed by atoms with Gasteiger partial charge in [-0.3, -0.25) is 0 Å². The summed E-state index contributed by atoms with van der Waals surface area (Å²) in [6.45, 7) is 0. The average molecular weight is 674 g/mol. The number of nitrogens with zero attached hydrogens (tertiary/aromatic N) is 1. The molecule has 0 aromatic heterocycles. The average Bonchev–Trinajstić information content (AvgIpc) is 3.24. The molecule has 0 aliphatic rings. The lowest BCUT2D eigenvalue weighted by Gasteiger charge is -2.26. The van der Waals surface area contributed by atoms with Gasteiger partial charge in [0.05, 0.1) is 0 Å². The van der Waals surface area contributed by atoms with Crippen molar-refractivity contribution in [3.05, 3.63) is 212 Å². The highest BCUT2D eigenvalue weighted by molar-refractivity contribution is 6.24. The van der Waals surface area contributed by atoms with Gasteiger partial charge in [0.15, 0.2) is 0 Å². The zero-order valence-electron chi connectivity index (χ0n) is 29.2. The highest BCUT2D eigenvalue weighted by atomic mass is 15.1. The van der Waals surface area contributed by atoms with Gasteiger partial charge in [-0.1, -0.05) is 170 Å². The molecule has 0 N–H and O–H groups in total.